The number of pyridine rings is 1. The van der Waals surface area contributed by atoms with Crippen molar-refractivity contribution in [2.75, 3.05) is 13.1 Å². The first kappa shape index (κ1) is 17.3. The summed E-state index contributed by atoms with van der Waals surface area (Å²) in [7, 11) is 0. The van der Waals surface area contributed by atoms with Crippen molar-refractivity contribution in [3.05, 3.63) is 58.1 Å². The molecule has 31 heavy (non-hydrogen) atoms. The molecule has 2 unspecified atom stereocenters. The molecule has 1 saturated carbocycles. The van der Waals surface area contributed by atoms with Crippen LogP contribution in [0.3, 0.4) is 0 Å². The first-order valence-electron chi connectivity index (χ1n) is 12.1. The number of fused-ring (bicyclic) bond motifs is 1. The number of nitrogens with one attached hydrogen (secondary N) is 3. The van der Waals surface area contributed by atoms with Gasteiger partial charge in [-0.2, -0.15) is 0 Å². The van der Waals surface area contributed by atoms with Gasteiger partial charge in [0.1, 0.15) is 5.52 Å². The fourth-order valence-corrected chi connectivity index (χ4v) is 5.19. The van der Waals surface area contributed by atoms with Crippen LogP contribution in [0.4, 0.5) is 0 Å². The minimum Gasteiger partial charge on any atom is -0.357 e. The number of aromatic amines is 1. The lowest BCUT2D eigenvalue weighted by molar-refractivity contribution is 0.286. The van der Waals surface area contributed by atoms with Gasteiger partial charge in [-0.15, -0.1) is 0 Å². The summed E-state index contributed by atoms with van der Waals surface area (Å²) in [6.45, 7) is -1.35. The fourth-order valence-electron chi connectivity index (χ4n) is 4.91. The first-order chi connectivity index (χ1) is 16.2. The summed E-state index contributed by atoms with van der Waals surface area (Å²) in [6.07, 6.45) is 8.32. The van der Waals surface area contributed by atoms with E-state index in [1.807, 2.05) is 12.1 Å². The van der Waals surface area contributed by atoms with E-state index >= 15 is 0 Å². The lowest BCUT2D eigenvalue weighted by Crippen LogP contribution is -2.33. The van der Waals surface area contributed by atoms with Crippen molar-refractivity contribution in [1.29, 1.82) is 0 Å². The quantitative estimate of drug-likeness (QED) is 0.440. The Balaban J connectivity index is 1.66. The molecule has 1 aliphatic carbocycles. The Bertz CT molecular complexity index is 1310. The highest BCUT2D eigenvalue weighted by molar-refractivity contribution is 7.77. The van der Waals surface area contributed by atoms with Gasteiger partial charge in [0, 0.05) is 47.0 Å². The van der Waals surface area contributed by atoms with E-state index in [2.05, 4.69) is 21.1 Å². The average Bonchev–Trinajstić information content (AvgIpc) is 3.31. The summed E-state index contributed by atoms with van der Waals surface area (Å²) in [6, 6.07) is 8.04. The smallest absolute Gasteiger partial charge is 0.274 e. The minimum atomic E-state index is -2.61. The standard InChI is InChI=1S/C23H28N4O3S/c1-27-14-19(17-5-9-25-21(17)22(27)28)18-12-15(4-10-26-31(29)30)2-3-16(18)20-13-23(6-7-23)8-11-24-20/h2-3,5,9,12,14,20,24-26H,4,6-8,10-11,13H2,1H3,(H,29,30)/i1D3. The molecule has 5 rings (SSSR count). The summed E-state index contributed by atoms with van der Waals surface area (Å²) in [4.78, 5) is 15.8. The van der Waals surface area contributed by atoms with Crippen molar-refractivity contribution >= 4 is 22.2 Å². The molecule has 4 N–H and O–H groups in total. The van der Waals surface area contributed by atoms with Crippen LogP contribution in [0.2, 0.25) is 0 Å². The van der Waals surface area contributed by atoms with E-state index in [1.165, 1.54) is 25.5 Å². The van der Waals surface area contributed by atoms with E-state index in [0.717, 1.165) is 34.2 Å². The van der Waals surface area contributed by atoms with Gasteiger partial charge < -0.3 is 14.9 Å². The molecule has 0 radical (unpaired) electrons. The summed E-state index contributed by atoms with van der Waals surface area (Å²) in [5.41, 5.74) is 3.67. The van der Waals surface area contributed by atoms with Crippen molar-refractivity contribution in [1.82, 2.24) is 19.6 Å². The van der Waals surface area contributed by atoms with E-state index in [0.29, 0.717) is 29.3 Å². The number of aryl methyl sites for hydroxylation is 1. The molecular weight excluding hydrogens is 412 g/mol. The van der Waals surface area contributed by atoms with Crippen LogP contribution in [-0.4, -0.2) is 31.4 Å². The van der Waals surface area contributed by atoms with Gasteiger partial charge in [0.05, 0.1) is 0 Å². The van der Waals surface area contributed by atoms with Gasteiger partial charge in [-0.3, -0.25) is 9.35 Å². The third kappa shape index (κ3) is 4.01. The van der Waals surface area contributed by atoms with Crippen molar-refractivity contribution in [2.45, 2.75) is 38.1 Å². The predicted molar refractivity (Wildman–Crippen MR) is 123 cm³/mol. The van der Waals surface area contributed by atoms with Gasteiger partial charge in [0.15, 0.2) is 0 Å². The number of hydrogen-bond donors (Lipinski definition) is 4. The highest BCUT2D eigenvalue weighted by Gasteiger charge is 2.46. The Morgan fingerprint density at radius 1 is 1.32 bits per heavy atom. The average molecular weight is 444 g/mol. The number of H-pyrrole nitrogens is 1. The lowest BCUT2D eigenvalue weighted by Gasteiger charge is -2.32. The summed E-state index contributed by atoms with van der Waals surface area (Å²) in [5.74, 6) is 0. The molecule has 3 heterocycles. The van der Waals surface area contributed by atoms with Crippen LogP contribution in [0.5, 0.6) is 0 Å². The highest BCUT2D eigenvalue weighted by Crippen LogP contribution is 2.56. The van der Waals surface area contributed by atoms with Gasteiger partial charge in [0.2, 0.25) is 11.3 Å². The van der Waals surface area contributed by atoms with Crippen molar-refractivity contribution in [3.63, 3.8) is 0 Å². The molecule has 1 aromatic carbocycles. The molecule has 0 amide bonds. The lowest BCUT2D eigenvalue weighted by atomic mass is 9.82. The minimum absolute atomic E-state index is 0.130. The first-order valence-corrected chi connectivity index (χ1v) is 11.7. The number of rotatable bonds is 6. The van der Waals surface area contributed by atoms with Gasteiger partial charge in [-0.05, 0) is 66.8 Å². The Morgan fingerprint density at radius 3 is 2.97 bits per heavy atom. The Labute approximate surface area is 187 Å². The van der Waals surface area contributed by atoms with Crippen molar-refractivity contribution < 1.29 is 12.9 Å². The third-order valence-electron chi connectivity index (χ3n) is 6.79. The van der Waals surface area contributed by atoms with E-state index < -0.39 is 23.8 Å². The summed E-state index contributed by atoms with van der Waals surface area (Å²) in [5, 5.41) is 4.32. The SMILES string of the molecule is [2H]C([2H])([2H])n1cc(-c2cc(CCNS(=O)O)ccc2C2CC3(CCN2)CC3)c2cc[nH]c2c1=O. The van der Waals surface area contributed by atoms with E-state index in [9.17, 15) is 9.00 Å². The van der Waals surface area contributed by atoms with Crippen LogP contribution in [-0.2, 0) is 24.7 Å². The maximum Gasteiger partial charge on any atom is 0.274 e. The topological polar surface area (TPSA) is 99.2 Å². The molecule has 1 spiro atoms. The zero-order valence-corrected chi connectivity index (χ0v) is 17.9. The molecule has 1 saturated heterocycles. The molecule has 164 valence electrons. The third-order valence-corrected chi connectivity index (χ3v) is 7.24. The van der Waals surface area contributed by atoms with Gasteiger partial charge in [-0.25, -0.2) is 8.93 Å². The van der Waals surface area contributed by atoms with E-state index in [4.69, 9.17) is 8.67 Å². The monoisotopic (exact) mass is 443 g/mol. The van der Waals surface area contributed by atoms with Gasteiger partial charge in [0.25, 0.3) is 5.56 Å². The molecule has 8 heteroatoms. The molecular formula is C23H28N4O3S. The van der Waals surface area contributed by atoms with Crippen LogP contribution in [0.1, 0.15) is 47.0 Å². The van der Waals surface area contributed by atoms with E-state index in [1.54, 1.807) is 12.3 Å². The normalized spacial score (nSPS) is 22.7. The van der Waals surface area contributed by atoms with Crippen LogP contribution in [0.15, 0.2) is 41.5 Å². The number of aromatic nitrogens is 2. The second-order valence-corrected chi connectivity index (χ2v) is 9.55. The number of hydrogen-bond acceptors (Lipinski definition) is 3. The molecule has 3 aromatic rings. The van der Waals surface area contributed by atoms with Crippen molar-refractivity contribution in [3.8, 4) is 11.1 Å². The van der Waals surface area contributed by atoms with Crippen LogP contribution in [0, 0.1) is 5.41 Å². The second kappa shape index (κ2) is 8.02. The second-order valence-electron chi connectivity index (χ2n) is 8.76. The highest BCUT2D eigenvalue weighted by atomic mass is 32.2. The maximum atomic E-state index is 12.9. The largest absolute Gasteiger partial charge is 0.357 e. The van der Waals surface area contributed by atoms with Gasteiger partial charge in [-0.1, -0.05) is 18.2 Å². The Kier molecular flexibility index (Phi) is 4.48. The van der Waals surface area contributed by atoms with Crippen LogP contribution >= 0.6 is 0 Å². The molecule has 0 bridgehead atoms. The summed E-state index contributed by atoms with van der Waals surface area (Å²) < 4.78 is 47.0. The van der Waals surface area contributed by atoms with Crippen molar-refractivity contribution in [2.24, 2.45) is 12.4 Å². The molecule has 7 nitrogen and oxygen atoms in total. The molecule has 2 atom stereocenters. The summed E-state index contributed by atoms with van der Waals surface area (Å²) >= 11 is -2.08. The predicted octanol–water partition coefficient (Wildman–Crippen LogP) is 3.01. The Hall–Kier alpha value is -2.26. The van der Waals surface area contributed by atoms with E-state index in [-0.39, 0.29) is 11.6 Å². The van der Waals surface area contributed by atoms with Crippen LogP contribution < -0.4 is 15.6 Å². The van der Waals surface area contributed by atoms with Crippen LogP contribution in [0.25, 0.3) is 22.0 Å². The Morgan fingerprint density at radius 2 is 2.19 bits per heavy atom. The number of piperidine rings is 1. The molecule has 2 aromatic heterocycles. The molecule has 2 fully saturated rings. The fraction of sp³-hybridized carbons (Fsp3) is 0.435. The molecule has 2 aliphatic rings. The zero-order chi connectivity index (χ0) is 24.1. The number of nitrogens with zero attached hydrogens (tertiary/aromatic N) is 1. The maximum absolute atomic E-state index is 12.9. The van der Waals surface area contributed by atoms with Gasteiger partial charge >= 0.3 is 0 Å². The number of benzene rings is 1. The zero-order valence-electron chi connectivity index (χ0n) is 20.1. The molecule has 1 aliphatic heterocycles.